The molecular weight excluding hydrogens is 490 g/mol. The van der Waals surface area contributed by atoms with Gasteiger partial charge in [0.05, 0.1) is 12.5 Å². The lowest BCUT2D eigenvalue weighted by atomic mass is 10.1. The van der Waals surface area contributed by atoms with Crippen molar-refractivity contribution in [2.24, 2.45) is 0 Å². The van der Waals surface area contributed by atoms with Crippen LogP contribution in [0.25, 0.3) is 0 Å². The molecule has 1 saturated heterocycles. The molecule has 0 spiro atoms. The molecule has 13 nitrogen and oxygen atoms in total. The zero-order valence-electron chi connectivity index (χ0n) is 19.1. The van der Waals surface area contributed by atoms with E-state index in [0.717, 1.165) is 56.0 Å². The van der Waals surface area contributed by atoms with Gasteiger partial charge in [-0.15, -0.1) is 0 Å². The number of fused-ring (bicyclic) bond motifs is 1. The molecule has 0 unspecified atom stereocenters. The zero-order valence-corrected chi connectivity index (χ0v) is 20.7. The van der Waals surface area contributed by atoms with Crippen LogP contribution in [0, 0.1) is 0 Å². The third-order valence-electron chi connectivity index (χ3n) is 4.40. The van der Waals surface area contributed by atoms with Crippen LogP contribution in [0.15, 0.2) is 30.5 Å². The van der Waals surface area contributed by atoms with Crippen molar-refractivity contribution in [3.8, 4) is 11.5 Å². The Morgan fingerprint density at radius 2 is 1.56 bits per heavy atom. The topological polar surface area (TPSA) is 171 Å². The molecule has 1 aromatic carbocycles. The lowest BCUT2D eigenvalue weighted by Crippen LogP contribution is -2.46. The lowest BCUT2D eigenvalue weighted by molar-refractivity contribution is 0.174. The van der Waals surface area contributed by atoms with Gasteiger partial charge in [0, 0.05) is 46.0 Å². The minimum absolute atomic E-state index is 0.323. The van der Waals surface area contributed by atoms with E-state index < -0.39 is 20.2 Å². The molecule has 2 aliphatic heterocycles. The first kappa shape index (κ1) is 27.5. The Balaban J connectivity index is 0.000000347. The Labute approximate surface area is 199 Å². The number of nitrogens with zero attached hydrogens (tertiary/aromatic N) is 4. The normalized spacial score (nSPS) is 15.5. The summed E-state index contributed by atoms with van der Waals surface area (Å²) in [5.74, 6) is 3.33. The first-order valence-corrected chi connectivity index (χ1v) is 13.7. The van der Waals surface area contributed by atoms with Crippen LogP contribution in [-0.2, 0) is 26.8 Å². The Hall–Kier alpha value is -2.72. The number of hydrogen-bond acceptors (Lipinski definition) is 11. The van der Waals surface area contributed by atoms with E-state index >= 15 is 0 Å². The van der Waals surface area contributed by atoms with E-state index in [-0.39, 0.29) is 0 Å². The summed E-state index contributed by atoms with van der Waals surface area (Å²) in [4.78, 5) is 13.6. The Kier molecular flexibility index (Phi) is 9.81. The van der Waals surface area contributed by atoms with Crippen LogP contribution in [0.3, 0.4) is 0 Å². The number of ether oxygens (including phenoxy) is 2. The van der Waals surface area contributed by atoms with Gasteiger partial charge < -0.3 is 19.7 Å². The minimum Gasteiger partial charge on any atom is -0.454 e. The quantitative estimate of drug-likeness (QED) is 0.479. The summed E-state index contributed by atoms with van der Waals surface area (Å²) >= 11 is 0. The van der Waals surface area contributed by atoms with Crippen molar-refractivity contribution in [1.82, 2.24) is 14.9 Å². The van der Waals surface area contributed by atoms with Crippen LogP contribution in [0.1, 0.15) is 5.56 Å². The van der Waals surface area contributed by atoms with E-state index in [0.29, 0.717) is 19.3 Å². The molecule has 0 radical (unpaired) electrons. The van der Waals surface area contributed by atoms with Crippen molar-refractivity contribution < 1.29 is 35.4 Å². The summed E-state index contributed by atoms with van der Waals surface area (Å²) in [6.07, 6.45) is 3.23. The van der Waals surface area contributed by atoms with Crippen molar-refractivity contribution in [3.63, 3.8) is 0 Å². The average molecular weight is 520 g/mol. The van der Waals surface area contributed by atoms with Crippen molar-refractivity contribution in [2.45, 2.75) is 6.54 Å². The fourth-order valence-corrected chi connectivity index (χ4v) is 3.04. The number of hydrogen-bond donors (Lipinski definition) is 3. The molecule has 1 fully saturated rings. The molecule has 0 aliphatic carbocycles. The second-order valence-electron chi connectivity index (χ2n) is 7.41. The molecule has 0 amide bonds. The second-order valence-corrected chi connectivity index (χ2v) is 10.3. The van der Waals surface area contributed by atoms with Gasteiger partial charge in [-0.3, -0.25) is 14.0 Å². The van der Waals surface area contributed by atoms with E-state index in [9.17, 15) is 16.8 Å². The Bertz CT molecular complexity index is 1110. The SMILES string of the molecule is CNc1ccnc(N2CCN(Cc3ccc4c(c3)OCO4)CC2)n1.CS(=O)(=O)O.CS(=O)(=O)O. The summed E-state index contributed by atoms with van der Waals surface area (Å²) in [7, 11) is -5.46. The summed E-state index contributed by atoms with van der Waals surface area (Å²) in [6, 6.07) is 8.05. The third-order valence-corrected chi connectivity index (χ3v) is 4.40. The fourth-order valence-electron chi connectivity index (χ4n) is 3.04. The first-order valence-electron chi connectivity index (χ1n) is 10.0. The first-order chi connectivity index (χ1) is 15.8. The van der Waals surface area contributed by atoms with E-state index in [1.54, 1.807) is 6.20 Å². The predicted octanol–water partition coefficient (Wildman–Crippen LogP) is 0.577. The molecule has 0 atom stereocenters. The molecule has 34 heavy (non-hydrogen) atoms. The molecule has 1 aromatic heterocycles. The molecule has 190 valence electrons. The summed E-state index contributed by atoms with van der Waals surface area (Å²) in [5.41, 5.74) is 1.25. The highest BCUT2D eigenvalue weighted by molar-refractivity contribution is 7.85. The van der Waals surface area contributed by atoms with Crippen LogP contribution in [-0.4, -0.2) is 93.3 Å². The Morgan fingerprint density at radius 3 is 2.15 bits per heavy atom. The minimum atomic E-state index is -3.67. The standard InChI is InChI=1S/C17H21N5O2.2CH4O3S/c1-18-16-4-5-19-17(20-16)22-8-6-21(7-9-22)11-13-2-3-14-15(10-13)24-12-23-14;2*1-5(2,3)4/h2-5,10H,6-9,11-12H2,1H3,(H,18,19,20);2*1H3,(H,2,3,4). The van der Waals surface area contributed by atoms with Crippen molar-refractivity contribution in [1.29, 1.82) is 0 Å². The van der Waals surface area contributed by atoms with Crippen molar-refractivity contribution >= 4 is 32.0 Å². The van der Waals surface area contributed by atoms with Gasteiger partial charge in [0.1, 0.15) is 5.82 Å². The highest BCUT2D eigenvalue weighted by atomic mass is 32.2. The fraction of sp³-hybridized carbons (Fsp3) is 0.474. The van der Waals surface area contributed by atoms with Gasteiger partial charge in [-0.1, -0.05) is 6.07 Å². The molecule has 2 aliphatic rings. The van der Waals surface area contributed by atoms with Crippen LogP contribution in [0.4, 0.5) is 11.8 Å². The molecule has 3 heterocycles. The smallest absolute Gasteiger partial charge is 0.261 e. The summed E-state index contributed by atoms with van der Waals surface area (Å²) in [5, 5.41) is 3.06. The zero-order chi connectivity index (χ0) is 25.4. The number of benzene rings is 1. The second kappa shape index (κ2) is 12.1. The molecule has 2 aromatic rings. The van der Waals surface area contributed by atoms with Gasteiger partial charge in [-0.2, -0.15) is 21.8 Å². The number of nitrogens with one attached hydrogen (secondary N) is 1. The number of anilines is 2. The van der Waals surface area contributed by atoms with Gasteiger partial charge in [-0.25, -0.2) is 4.98 Å². The molecule has 4 rings (SSSR count). The largest absolute Gasteiger partial charge is 0.454 e. The van der Waals surface area contributed by atoms with Gasteiger partial charge in [-0.05, 0) is 23.8 Å². The monoisotopic (exact) mass is 519 g/mol. The van der Waals surface area contributed by atoms with Gasteiger partial charge in [0.15, 0.2) is 11.5 Å². The van der Waals surface area contributed by atoms with Crippen LogP contribution >= 0.6 is 0 Å². The van der Waals surface area contributed by atoms with Gasteiger partial charge >= 0.3 is 0 Å². The maximum Gasteiger partial charge on any atom is 0.261 e. The lowest BCUT2D eigenvalue weighted by Gasteiger charge is -2.34. The van der Waals surface area contributed by atoms with Crippen molar-refractivity contribution in [3.05, 3.63) is 36.0 Å². The highest BCUT2D eigenvalue weighted by Crippen LogP contribution is 2.32. The molecular formula is C19H29N5O8S2. The van der Waals surface area contributed by atoms with E-state index in [4.69, 9.17) is 18.6 Å². The number of rotatable bonds is 4. The molecule has 0 bridgehead atoms. The van der Waals surface area contributed by atoms with Crippen LogP contribution in [0.2, 0.25) is 0 Å². The average Bonchev–Trinajstić information content (AvgIpc) is 3.20. The van der Waals surface area contributed by atoms with Crippen LogP contribution < -0.4 is 19.7 Å². The molecule has 0 saturated carbocycles. The molecule has 3 N–H and O–H groups in total. The van der Waals surface area contributed by atoms with E-state index in [1.807, 2.05) is 19.2 Å². The summed E-state index contributed by atoms with van der Waals surface area (Å²) < 4.78 is 62.6. The predicted molar refractivity (Wildman–Crippen MR) is 127 cm³/mol. The highest BCUT2D eigenvalue weighted by Gasteiger charge is 2.20. The molecule has 15 heteroatoms. The Morgan fingerprint density at radius 1 is 0.971 bits per heavy atom. The third kappa shape index (κ3) is 10.9. The van der Waals surface area contributed by atoms with Gasteiger partial charge in [0.25, 0.3) is 20.2 Å². The summed E-state index contributed by atoms with van der Waals surface area (Å²) in [6.45, 7) is 5.07. The van der Waals surface area contributed by atoms with Crippen LogP contribution in [0.5, 0.6) is 11.5 Å². The number of aromatic nitrogens is 2. The number of piperazine rings is 1. The van der Waals surface area contributed by atoms with Gasteiger partial charge in [0.2, 0.25) is 12.7 Å². The van der Waals surface area contributed by atoms with E-state index in [1.165, 1.54) is 5.56 Å². The van der Waals surface area contributed by atoms with Crippen molar-refractivity contribution in [2.75, 3.05) is 62.7 Å². The maximum absolute atomic E-state index is 9.19. The maximum atomic E-state index is 9.19. The van der Waals surface area contributed by atoms with E-state index in [2.05, 4.69) is 37.2 Å².